The Morgan fingerprint density at radius 1 is 0.842 bits per heavy atom. The Labute approximate surface area is 226 Å². The summed E-state index contributed by atoms with van der Waals surface area (Å²) in [5.41, 5.74) is 3.93. The van der Waals surface area contributed by atoms with E-state index in [0.29, 0.717) is 11.3 Å². The van der Waals surface area contributed by atoms with Crippen molar-refractivity contribution in [2.45, 2.75) is 65.1 Å². The lowest BCUT2D eigenvalue weighted by molar-refractivity contribution is -0.139. The van der Waals surface area contributed by atoms with Gasteiger partial charge >= 0.3 is 0 Å². The summed E-state index contributed by atoms with van der Waals surface area (Å²) < 4.78 is 28.9. The van der Waals surface area contributed by atoms with Crippen LogP contribution >= 0.6 is 0 Å². The van der Waals surface area contributed by atoms with E-state index < -0.39 is 28.5 Å². The van der Waals surface area contributed by atoms with Crippen molar-refractivity contribution in [3.8, 4) is 0 Å². The summed E-state index contributed by atoms with van der Waals surface area (Å²) in [6, 6.07) is 20.4. The number of carbonyl (C=O) groups excluding carboxylic acids is 2. The largest absolute Gasteiger partial charge is 0.352 e. The second-order valence-electron chi connectivity index (χ2n) is 9.96. The number of nitrogens with one attached hydrogen (secondary N) is 1. The highest BCUT2D eigenvalue weighted by Gasteiger charge is 2.33. The lowest BCUT2D eigenvalue weighted by atomic mass is 10.1. The number of sulfonamides is 1. The first kappa shape index (κ1) is 28.9. The van der Waals surface area contributed by atoms with Crippen LogP contribution in [0.5, 0.6) is 0 Å². The Hall–Kier alpha value is -3.65. The molecule has 0 aliphatic heterocycles. The Bertz CT molecular complexity index is 1380. The molecule has 1 unspecified atom stereocenters. The molecule has 0 aliphatic carbocycles. The van der Waals surface area contributed by atoms with E-state index in [4.69, 9.17) is 0 Å². The van der Waals surface area contributed by atoms with Crippen molar-refractivity contribution in [2.75, 3.05) is 10.8 Å². The maximum Gasteiger partial charge on any atom is 0.264 e. The summed E-state index contributed by atoms with van der Waals surface area (Å²) >= 11 is 0. The van der Waals surface area contributed by atoms with E-state index in [1.165, 1.54) is 4.90 Å². The van der Waals surface area contributed by atoms with Crippen molar-refractivity contribution >= 4 is 27.5 Å². The van der Waals surface area contributed by atoms with Gasteiger partial charge in [-0.25, -0.2) is 8.42 Å². The van der Waals surface area contributed by atoms with Crippen LogP contribution in [0.3, 0.4) is 0 Å². The van der Waals surface area contributed by atoms with Crippen LogP contribution in [0, 0.1) is 20.8 Å². The maximum absolute atomic E-state index is 13.9. The molecular weight excluding hydrogens is 498 g/mol. The lowest BCUT2D eigenvalue weighted by Gasteiger charge is -2.32. The van der Waals surface area contributed by atoms with Crippen LogP contribution in [0.2, 0.25) is 0 Å². The van der Waals surface area contributed by atoms with Crippen molar-refractivity contribution in [3.05, 3.63) is 95.1 Å². The molecule has 0 fully saturated rings. The molecule has 38 heavy (non-hydrogen) atoms. The zero-order chi connectivity index (χ0) is 28.0. The zero-order valence-electron chi connectivity index (χ0n) is 22.9. The van der Waals surface area contributed by atoms with E-state index in [0.717, 1.165) is 21.0 Å². The second-order valence-corrected chi connectivity index (χ2v) is 11.8. The normalized spacial score (nSPS) is 12.2. The minimum Gasteiger partial charge on any atom is -0.352 e. The Morgan fingerprint density at radius 2 is 1.50 bits per heavy atom. The number of hydrogen-bond acceptors (Lipinski definition) is 4. The molecule has 3 aromatic rings. The number of hydrogen-bond donors (Lipinski definition) is 1. The predicted molar refractivity (Wildman–Crippen MR) is 151 cm³/mol. The molecule has 1 N–H and O–H groups in total. The fourth-order valence-corrected chi connectivity index (χ4v) is 5.67. The smallest absolute Gasteiger partial charge is 0.264 e. The third kappa shape index (κ3) is 7.01. The van der Waals surface area contributed by atoms with Crippen molar-refractivity contribution in [1.82, 2.24) is 10.2 Å². The number of carbonyl (C=O) groups is 2. The quantitative estimate of drug-likeness (QED) is 0.406. The number of nitrogens with zero attached hydrogens (tertiary/aromatic N) is 2. The van der Waals surface area contributed by atoms with E-state index in [1.54, 1.807) is 56.3 Å². The average molecular weight is 536 g/mol. The molecule has 202 valence electrons. The number of benzene rings is 3. The van der Waals surface area contributed by atoms with Gasteiger partial charge in [0.2, 0.25) is 11.8 Å². The Morgan fingerprint density at radius 3 is 2.11 bits per heavy atom. The number of anilines is 1. The van der Waals surface area contributed by atoms with E-state index in [9.17, 15) is 18.0 Å². The molecule has 0 spiro atoms. The molecule has 0 bridgehead atoms. The number of amides is 2. The monoisotopic (exact) mass is 535 g/mol. The summed E-state index contributed by atoms with van der Waals surface area (Å²) in [4.78, 5) is 28.5. The highest BCUT2D eigenvalue weighted by Crippen LogP contribution is 2.27. The third-order valence-corrected chi connectivity index (χ3v) is 8.08. The standard InChI is InChI=1S/C30H37N3O4S/c1-21(2)31-30(35)25(6)32(19-26-12-9-10-23(4)18-26)29(34)20-33(28-13-8-7-11-24(28)5)38(36,37)27-16-14-22(3)15-17-27/h7-18,21,25H,19-20H2,1-6H3,(H,31,35). The third-order valence-electron chi connectivity index (χ3n) is 6.31. The summed E-state index contributed by atoms with van der Waals surface area (Å²) in [5.74, 6) is -0.776. The van der Waals surface area contributed by atoms with Gasteiger partial charge in [0, 0.05) is 12.6 Å². The molecule has 2 amide bonds. The number of para-hydroxylation sites is 1. The van der Waals surface area contributed by atoms with E-state index in [1.807, 2.05) is 58.0 Å². The molecule has 0 heterocycles. The first-order chi connectivity index (χ1) is 17.9. The summed E-state index contributed by atoms with van der Waals surface area (Å²) in [6.07, 6.45) is 0. The highest BCUT2D eigenvalue weighted by molar-refractivity contribution is 7.92. The molecular formula is C30H37N3O4S. The van der Waals surface area contributed by atoms with Gasteiger partial charge in [-0.05, 0) is 70.9 Å². The van der Waals surface area contributed by atoms with Crippen LogP contribution in [-0.2, 0) is 26.2 Å². The van der Waals surface area contributed by atoms with Gasteiger partial charge in [0.05, 0.1) is 10.6 Å². The predicted octanol–water partition coefficient (Wildman–Crippen LogP) is 4.75. The van der Waals surface area contributed by atoms with E-state index in [2.05, 4.69) is 5.32 Å². The van der Waals surface area contributed by atoms with Crippen molar-refractivity contribution < 1.29 is 18.0 Å². The minimum atomic E-state index is -4.08. The first-order valence-electron chi connectivity index (χ1n) is 12.7. The van der Waals surface area contributed by atoms with Crippen molar-refractivity contribution in [2.24, 2.45) is 0 Å². The Kier molecular flexibility index (Phi) is 9.33. The molecule has 1 atom stereocenters. The minimum absolute atomic E-state index is 0.0926. The van der Waals surface area contributed by atoms with Gasteiger partial charge in [-0.15, -0.1) is 0 Å². The van der Waals surface area contributed by atoms with Gasteiger partial charge in [-0.3, -0.25) is 13.9 Å². The number of rotatable bonds is 10. The highest BCUT2D eigenvalue weighted by atomic mass is 32.2. The molecule has 8 heteroatoms. The molecule has 3 rings (SSSR count). The second kappa shape index (κ2) is 12.3. The van der Waals surface area contributed by atoms with Gasteiger partial charge in [0.15, 0.2) is 0 Å². The molecule has 0 aliphatic rings. The van der Waals surface area contributed by atoms with Crippen molar-refractivity contribution in [1.29, 1.82) is 0 Å². The van der Waals surface area contributed by atoms with Gasteiger partial charge in [-0.2, -0.15) is 0 Å². The SMILES string of the molecule is Cc1ccc(S(=O)(=O)N(CC(=O)N(Cc2cccc(C)c2)C(C)C(=O)NC(C)C)c2ccccc2C)cc1. The van der Waals surface area contributed by atoms with Gasteiger partial charge in [0.1, 0.15) is 12.6 Å². The average Bonchev–Trinajstić information content (AvgIpc) is 2.85. The molecule has 0 saturated heterocycles. The van der Waals surface area contributed by atoms with E-state index >= 15 is 0 Å². The summed E-state index contributed by atoms with van der Waals surface area (Å²) in [6.45, 7) is 10.7. The molecule has 3 aromatic carbocycles. The van der Waals surface area contributed by atoms with Gasteiger partial charge in [0.25, 0.3) is 10.0 Å². The Balaban J connectivity index is 2.05. The van der Waals surface area contributed by atoms with Crippen LogP contribution in [0.1, 0.15) is 43.0 Å². The first-order valence-corrected chi connectivity index (χ1v) is 14.1. The van der Waals surface area contributed by atoms with Crippen molar-refractivity contribution in [3.63, 3.8) is 0 Å². The van der Waals surface area contributed by atoms with E-state index in [-0.39, 0.29) is 23.4 Å². The summed E-state index contributed by atoms with van der Waals surface area (Å²) in [7, 11) is -4.08. The molecule has 0 aromatic heterocycles. The number of aryl methyl sites for hydroxylation is 3. The zero-order valence-corrected chi connectivity index (χ0v) is 23.7. The van der Waals surface area contributed by atoms with Crippen LogP contribution < -0.4 is 9.62 Å². The van der Waals surface area contributed by atoms with Gasteiger partial charge in [-0.1, -0.05) is 65.7 Å². The van der Waals surface area contributed by atoms with Crippen LogP contribution in [0.15, 0.2) is 77.7 Å². The molecule has 7 nitrogen and oxygen atoms in total. The lowest BCUT2D eigenvalue weighted by Crippen LogP contribution is -2.52. The van der Waals surface area contributed by atoms with Crippen LogP contribution in [-0.4, -0.2) is 43.8 Å². The summed E-state index contributed by atoms with van der Waals surface area (Å²) in [5, 5.41) is 2.87. The molecule has 0 saturated carbocycles. The van der Waals surface area contributed by atoms with Crippen LogP contribution in [0.25, 0.3) is 0 Å². The topological polar surface area (TPSA) is 86.8 Å². The fourth-order valence-electron chi connectivity index (χ4n) is 4.19. The molecule has 0 radical (unpaired) electrons. The van der Waals surface area contributed by atoms with Crippen LogP contribution in [0.4, 0.5) is 5.69 Å². The fraction of sp³-hybridized carbons (Fsp3) is 0.333. The van der Waals surface area contributed by atoms with Gasteiger partial charge < -0.3 is 10.2 Å². The maximum atomic E-state index is 13.9.